The van der Waals surface area contributed by atoms with Gasteiger partial charge in [0.25, 0.3) is 0 Å². The molecule has 0 amide bonds. The predicted octanol–water partition coefficient (Wildman–Crippen LogP) is 3.09. The molecule has 1 aromatic heterocycles. The third-order valence-electron chi connectivity index (χ3n) is 3.99. The van der Waals surface area contributed by atoms with Crippen LogP contribution in [0, 0.1) is 5.92 Å². The number of nitrogens with two attached hydrogens (primary N) is 1. The van der Waals surface area contributed by atoms with Crippen LogP contribution in [0.4, 0.5) is 0 Å². The predicted molar refractivity (Wildman–Crippen MR) is 75.2 cm³/mol. The van der Waals surface area contributed by atoms with Crippen molar-refractivity contribution in [2.24, 2.45) is 11.7 Å². The molecule has 0 aromatic carbocycles. The molecule has 2 rings (SSSR count). The van der Waals surface area contributed by atoms with Gasteiger partial charge in [0.1, 0.15) is 0 Å². The highest BCUT2D eigenvalue weighted by molar-refractivity contribution is 7.09. The zero-order valence-corrected chi connectivity index (χ0v) is 11.6. The van der Waals surface area contributed by atoms with Gasteiger partial charge in [0.05, 0.1) is 0 Å². The van der Waals surface area contributed by atoms with Crippen LogP contribution in [0.25, 0.3) is 0 Å². The summed E-state index contributed by atoms with van der Waals surface area (Å²) in [5.41, 5.74) is 6.00. The first-order valence-corrected chi connectivity index (χ1v) is 7.62. The highest BCUT2D eigenvalue weighted by Gasteiger charge is 2.25. The maximum atomic E-state index is 6.00. The molecular formula is C14H24N2S. The Kier molecular flexibility index (Phi) is 5.01. The Morgan fingerprint density at radius 2 is 2.18 bits per heavy atom. The van der Waals surface area contributed by atoms with Crippen LogP contribution in [0.5, 0.6) is 0 Å². The van der Waals surface area contributed by atoms with Crippen LogP contribution >= 0.6 is 11.3 Å². The van der Waals surface area contributed by atoms with Gasteiger partial charge < -0.3 is 5.73 Å². The molecular weight excluding hydrogens is 228 g/mol. The Morgan fingerprint density at radius 1 is 1.41 bits per heavy atom. The SMILES string of the molecule is CN(Cc1cccs1)C(CN)C1CCCCC1. The summed E-state index contributed by atoms with van der Waals surface area (Å²) in [6.07, 6.45) is 6.96. The van der Waals surface area contributed by atoms with E-state index in [4.69, 9.17) is 5.73 Å². The lowest BCUT2D eigenvalue weighted by atomic mass is 9.83. The summed E-state index contributed by atoms with van der Waals surface area (Å²) in [6, 6.07) is 4.92. The van der Waals surface area contributed by atoms with Crippen LogP contribution in [0.15, 0.2) is 17.5 Å². The van der Waals surface area contributed by atoms with Crippen molar-refractivity contribution in [2.45, 2.75) is 44.7 Å². The van der Waals surface area contributed by atoms with E-state index in [-0.39, 0.29) is 0 Å². The standard InChI is InChI=1S/C14H24N2S/c1-16(11-13-8-5-9-17-13)14(10-15)12-6-3-2-4-7-12/h5,8-9,12,14H,2-4,6-7,10-11,15H2,1H3. The zero-order chi connectivity index (χ0) is 12.1. The average molecular weight is 252 g/mol. The molecule has 1 heterocycles. The summed E-state index contributed by atoms with van der Waals surface area (Å²) in [6.45, 7) is 1.85. The van der Waals surface area contributed by atoms with Gasteiger partial charge in [-0.25, -0.2) is 0 Å². The molecule has 0 bridgehead atoms. The van der Waals surface area contributed by atoms with E-state index in [1.165, 1.54) is 37.0 Å². The quantitative estimate of drug-likeness (QED) is 0.872. The second-order valence-electron chi connectivity index (χ2n) is 5.20. The van der Waals surface area contributed by atoms with E-state index in [2.05, 4.69) is 29.5 Å². The fourth-order valence-electron chi connectivity index (χ4n) is 3.02. The first-order chi connectivity index (χ1) is 8.31. The van der Waals surface area contributed by atoms with Crippen molar-refractivity contribution in [1.29, 1.82) is 0 Å². The van der Waals surface area contributed by atoms with Crippen LogP contribution in [0.3, 0.4) is 0 Å². The van der Waals surface area contributed by atoms with Gasteiger partial charge in [-0.2, -0.15) is 0 Å². The van der Waals surface area contributed by atoms with Gasteiger partial charge in [-0.15, -0.1) is 11.3 Å². The number of likely N-dealkylation sites (N-methyl/N-ethyl adjacent to an activating group) is 1. The Bertz CT molecular complexity index is 304. The average Bonchev–Trinajstić information content (AvgIpc) is 2.84. The molecule has 1 aromatic rings. The van der Waals surface area contributed by atoms with Crippen molar-refractivity contribution in [1.82, 2.24) is 4.90 Å². The van der Waals surface area contributed by atoms with E-state index in [0.29, 0.717) is 6.04 Å². The summed E-state index contributed by atoms with van der Waals surface area (Å²) in [5, 5.41) is 2.15. The maximum absolute atomic E-state index is 6.00. The Hall–Kier alpha value is -0.380. The monoisotopic (exact) mass is 252 g/mol. The third-order valence-corrected chi connectivity index (χ3v) is 4.85. The molecule has 1 fully saturated rings. The van der Waals surface area contributed by atoms with Gasteiger partial charge in [0.2, 0.25) is 0 Å². The summed E-state index contributed by atoms with van der Waals surface area (Å²) in [5.74, 6) is 0.818. The van der Waals surface area contributed by atoms with Crippen molar-refractivity contribution >= 4 is 11.3 Å². The van der Waals surface area contributed by atoms with E-state index in [1.54, 1.807) is 0 Å². The molecule has 1 saturated carbocycles. The molecule has 2 nitrogen and oxygen atoms in total. The van der Waals surface area contributed by atoms with E-state index >= 15 is 0 Å². The highest BCUT2D eigenvalue weighted by atomic mass is 32.1. The first kappa shape index (κ1) is 13.1. The molecule has 1 aliphatic rings. The van der Waals surface area contributed by atoms with Gasteiger partial charge in [-0.05, 0) is 37.3 Å². The second kappa shape index (κ2) is 6.53. The Labute approximate surface area is 109 Å². The summed E-state index contributed by atoms with van der Waals surface area (Å²) < 4.78 is 0. The fourth-order valence-corrected chi connectivity index (χ4v) is 3.78. The molecule has 0 aliphatic heterocycles. The number of nitrogens with zero attached hydrogens (tertiary/aromatic N) is 1. The first-order valence-electron chi connectivity index (χ1n) is 6.74. The van der Waals surface area contributed by atoms with Crippen molar-refractivity contribution in [3.63, 3.8) is 0 Å². The smallest absolute Gasteiger partial charge is 0.0328 e. The summed E-state index contributed by atoms with van der Waals surface area (Å²) in [4.78, 5) is 3.91. The lowest BCUT2D eigenvalue weighted by Crippen LogP contribution is -2.43. The number of thiophene rings is 1. The third kappa shape index (κ3) is 3.54. The topological polar surface area (TPSA) is 29.3 Å². The minimum absolute atomic E-state index is 0.567. The molecule has 0 saturated heterocycles. The van der Waals surface area contributed by atoms with Gasteiger partial charge in [0, 0.05) is 24.0 Å². The van der Waals surface area contributed by atoms with Crippen LogP contribution in [0.2, 0.25) is 0 Å². The Morgan fingerprint density at radius 3 is 2.76 bits per heavy atom. The van der Waals surface area contributed by atoms with Gasteiger partial charge in [-0.1, -0.05) is 25.3 Å². The van der Waals surface area contributed by atoms with Crippen molar-refractivity contribution in [3.8, 4) is 0 Å². The normalized spacial score (nSPS) is 19.7. The molecule has 1 unspecified atom stereocenters. The molecule has 17 heavy (non-hydrogen) atoms. The molecule has 1 atom stereocenters. The van der Waals surface area contributed by atoms with E-state index in [0.717, 1.165) is 19.0 Å². The minimum Gasteiger partial charge on any atom is -0.329 e. The lowest BCUT2D eigenvalue weighted by Gasteiger charge is -2.35. The van der Waals surface area contributed by atoms with E-state index in [1.807, 2.05) is 11.3 Å². The molecule has 2 N–H and O–H groups in total. The van der Waals surface area contributed by atoms with Gasteiger partial charge >= 0.3 is 0 Å². The minimum atomic E-state index is 0.567. The van der Waals surface area contributed by atoms with Gasteiger partial charge in [-0.3, -0.25) is 4.90 Å². The maximum Gasteiger partial charge on any atom is 0.0328 e. The fraction of sp³-hybridized carbons (Fsp3) is 0.714. The lowest BCUT2D eigenvalue weighted by molar-refractivity contribution is 0.144. The highest BCUT2D eigenvalue weighted by Crippen LogP contribution is 2.29. The van der Waals surface area contributed by atoms with Crippen LogP contribution in [0.1, 0.15) is 37.0 Å². The van der Waals surface area contributed by atoms with Crippen LogP contribution in [-0.4, -0.2) is 24.5 Å². The summed E-state index contributed by atoms with van der Waals surface area (Å²) in [7, 11) is 2.23. The van der Waals surface area contributed by atoms with E-state index < -0.39 is 0 Å². The Balaban J connectivity index is 1.92. The molecule has 1 aliphatic carbocycles. The largest absolute Gasteiger partial charge is 0.329 e. The van der Waals surface area contributed by atoms with Gasteiger partial charge in [0.15, 0.2) is 0 Å². The van der Waals surface area contributed by atoms with E-state index in [9.17, 15) is 0 Å². The van der Waals surface area contributed by atoms with Crippen molar-refractivity contribution < 1.29 is 0 Å². The molecule has 3 heteroatoms. The van der Waals surface area contributed by atoms with Crippen LogP contribution in [-0.2, 0) is 6.54 Å². The van der Waals surface area contributed by atoms with Crippen LogP contribution < -0.4 is 5.73 Å². The van der Waals surface area contributed by atoms with Crippen molar-refractivity contribution in [3.05, 3.63) is 22.4 Å². The number of hydrogen-bond acceptors (Lipinski definition) is 3. The molecule has 0 radical (unpaired) electrons. The second-order valence-corrected chi connectivity index (χ2v) is 6.23. The summed E-state index contributed by atoms with van der Waals surface area (Å²) >= 11 is 1.84. The molecule has 0 spiro atoms. The van der Waals surface area contributed by atoms with Crippen molar-refractivity contribution in [2.75, 3.05) is 13.6 Å². The number of rotatable bonds is 5. The number of hydrogen-bond donors (Lipinski definition) is 1. The zero-order valence-electron chi connectivity index (χ0n) is 10.8. The molecule has 96 valence electrons.